The van der Waals surface area contributed by atoms with Gasteiger partial charge in [-0.25, -0.2) is 0 Å². The summed E-state index contributed by atoms with van der Waals surface area (Å²) in [7, 11) is 4.17. The van der Waals surface area contributed by atoms with E-state index in [0.29, 0.717) is 13.0 Å². The second-order valence-corrected chi connectivity index (χ2v) is 7.89. The number of benzene rings is 2. The molecular weight excluding hydrogens is 348 g/mol. The van der Waals surface area contributed by atoms with Crippen molar-refractivity contribution in [1.29, 1.82) is 0 Å². The molecule has 3 rings (SSSR count). The Morgan fingerprint density at radius 1 is 1.18 bits per heavy atom. The molecule has 148 valence electrons. The highest BCUT2D eigenvalue weighted by Gasteiger charge is 2.19. The van der Waals surface area contributed by atoms with Crippen LogP contribution < -0.4 is 10.1 Å². The monoisotopic (exact) mass is 378 g/mol. The minimum atomic E-state index is 0.0445. The number of nitrogens with zero attached hydrogens (tertiary/aromatic N) is 1. The number of hydrogen-bond donors (Lipinski definition) is 1. The molecule has 1 amide bonds. The number of ether oxygens (including phenoxy) is 1. The van der Waals surface area contributed by atoms with Crippen LogP contribution in [0, 0.1) is 0 Å². The lowest BCUT2D eigenvalue weighted by molar-refractivity contribution is -0.120. The molecule has 0 saturated carbocycles. The zero-order valence-corrected chi connectivity index (χ0v) is 17.3. The quantitative estimate of drug-likeness (QED) is 0.825. The number of amides is 1. The molecule has 0 fully saturated rings. The first-order valence-electron chi connectivity index (χ1n) is 9.92. The molecule has 0 saturated heterocycles. The Morgan fingerprint density at radius 2 is 1.96 bits per heavy atom. The van der Waals surface area contributed by atoms with E-state index in [0.717, 1.165) is 29.8 Å². The summed E-state index contributed by atoms with van der Waals surface area (Å²) in [6.07, 6.45) is 3.62. The van der Waals surface area contributed by atoms with Crippen LogP contribution in [0.1, 0.15) is 42.5 Å². The molecule has 2 aromatic rings. The summed E-state index contributed by atoms with van der Waals surface area (Å²) >= 11 is 0. The van der Waals surface area contributed by atoms with E-state index in [1.165, 1.54) is 16.7 Å². The third kappa shape index (κ3) is 5.02. The Hall–Kier alpha value is -2.59. The maximum Gasteiger partial charge on any atom is 0.224 e. The molecule has 0 spiro atoms. The van der Waals surface area contributed by atoms with Crippen LogP contribution in [0.5, 0.6) is 5.75 Å². The van der Waals surface area contributed by atoms with E-state index < -0.39 is 0 Å². The van der Waals surface area contributed by atoms with Crippen molar-refractivity contribution in [3.05, 3.63) is 70.8 Å². The second kappa shape index (κ2) is 9.07. The van der Waals surface area contributed by atoms with Crippen molar-refractivity contribution < 1.29 is 9.53 Å². The van der Waals surface area contributed by atoms with E-state index in [9.17, 15) is 4.79 Å². The highest BCUT2D eigenvalue weighted by atomic mass is 16.5. The molecule has 2 aromatic carbocycles. The standard InChI is InChI=1S/C24H30N2O2/c1-17(2)25-24(27)15-18-11-12-23-22(14-18)21(10-7-13-26(3)4)20-9-6-5-8-19(20)16-28-23/h5-6,8-12,14,17H,7,13,15-16H2,1-4H3,(H,25,27)/b21-10-. The molecule has 1 heterocycles. The fourth-order valence-corrected chi connectivity index (χ4v) is 3.48. The third-order valence-electron chi connectivity index (χ3n) is 4.76. The van der Waals surface area contributed by atoms with Gasteiger partial charge in [0.2, 0.25) is 5.91 Å². The molecule has 0 bridgehead atoms. The van der Waals surface area contributed by atoms with Gasteiger partial charge in [0, 0.05) is 18.2 Å². The summed E-state index contributed by atoms with van der Waals surface area (Å²) < 4.78 is 6.11. The number of carbonyl (C=O) groups is 1. The maximum atomic E-state index is 12.2. The first kappa shape index (κ1) is 20.2. The molecule has 1 N–H and O–H groups in total. The number of hydrogen-bond acceptors (Lipinski definition) is 3. The van der Waals surface area contributed by atoms with E-state index in [1.54, 1.807) is 0 Å². The van der Waals surface area contributed by atoms with E-state index in [1.807, 2.05) is 26.0 Å². The van der Waals surface area contributed by atoms with Gasteiger partial charge in [0.1, 0.15) is 12.4 Å². The molecule has 0 aliphatic carbocycles. The Labute approximate surface area is 168 Å². The minimum Gasteiger partial charge on any atom is -0.488 e. The van der Waals surface area contributed by atoms with Gasteiger partial charge in [-0.2, -0.15) is 0 Å². The minimum absolute atomic E-state index is 0.0445. The van der Waals surface area contributed by atoms with Gasteiger partial charge in [-0.1, -0.05) is 36.4 Å². The van der Waals surface area contributed by atoms with Gasteiger partial charge in [0.05, 0.1) is 6.42 Å². The average molecular weight is 379 g/mol. The van der Waals surface area contributed by atoms with Gasteiger partial charge in [0.15, 0.2) is 0 Å². The Balaban J connectivity index is 1.98. The molecule has 28 heavy (non-hydrogen) atoms. The molecule has 1 aliphatic heterocycles. The van der Waals surface area contributed by atoms with Crippen molar-refractivity contribution in [1.82, 2.24) is 10.2 Å². The highest BCUT2D eigenvalue weighted by Crippen LogP contribution is 2.37. The number of rotatable bonds is 6. The van der Waals surface area contributed by atoms with E-state index >= 15 is 0 Å². The van der Waals surface area contributed by atoms with Crippen molar-refractivity contribution in [3.63, 3.8) is 0 Å². The summed E-state index contributed by atoms with van der Waals surface area (Å²) in [5.41, 5.74) is 5.66. The zero-order chi connectivity index (χ0) is 20.1. The smallest absolute Gasteiger partial charge is 0.224 e. The molecule has 4 heteroatoms. The lowest BCUT2D eigenvalue weighted by Crippen LogP contribution is -2.31. The fraction of sp³-hybridized carbons (Fsp3) is 0.375. The van der Waals surface area contributed by atoms with Gasteiger partial charge in [-0.3, -0.25) is 4.79 Å². The molecule has 0 radical (unpaired) electrons. The van der Waals surface area contributed by atoms with Crippen LogP contribution in [-0.2, 0) is 17.8 Å². The Bertz CT molecular complexity index is 869. The van der Waals surface area contributed by atoms with Crippen LogP contribution in [0.15, 0.2) is 48.5 Å². The Kier molecular flexibility index (Phi) is 6.53. The summed E-state index contributed by atoms with van der Waals surface area (Å²) in [4.78, 5) is 14.4. The molecule has 1 aliphatic rings. The van der Waals surface area contributed by atoms with Gasteiger partial charge in [-0.15, -0.1) is 0 Å². The van der Waals surface area contributed by atoms with E-state index in [4.69, 9.17) is 4.74 Å². The normalized spacial score (nSPS) is 14.4. The topological polar surface area (TPSA) is 41.6 Å². The van der Waals surface area contributed by atoms with Crippen molar-refractivity contribution in [3.8, 4) is 5.75 Å². The third-order valence-corrected chi connectivity index (χ3v) is 4.76. The molecular formula is C24H30N2O2. The predicted octanol–water partition coefficient (Wildman–Crippen LogP) is 4.03. The van der Waals surface area contributed by atoms with Crippen LogP contribution in [0.4, 0.5) is 0 Å². The largest absolute Gasteiger partial charge is 0.488 e. The average Bonchev–Trinajstić information content (AvgIpc) is 2.78. The lowest BCUT2D eigenvalue weighted by Gasteiger charge is -2.14. The Morgan fingerprint density at radius 3 is 2.71 bits per heavy atom. The van der Waals surface area contributed by atoms with Crippen LogP contribution in [0.3, 0.4) is 0 Å². The van der Waals surface area contributed by atoms with Crippen LogP contribution in [-0.4, -0.2) is 37.5 Å². The first-order chi connectivity index (χ1) is 13.4. The molecule has 0 unspecified atom stereocenters. The summed E-state index contributed by atoms with van der Waals surface area (Å²) in [6.45, 7) is 5.50. The van der Waals surface area contributed by atoms with Crippen LogP contribution in [0.2, 0.25) is 0 Å². The summed E-state index contributed by atoms with van der Waals surface area (Å²) in [6, 6.07) is 14.7. The maximum absolute atomic E-state index is 12.2. The lowest BCUT2D eigenvalue weighted by atomic mass is 9.92. The van der Waals surface area contributed by atoms with Crippen LogP contribution in [0.25, 0.3) is 5.57 Å². The second-order valence-electron chi connectivity index (χ2n) is 7.89. The van der Waals surface area contributed by atoms with E-state index in [2.05, 4.69) is 60.7 Å². The summed E-state index contributed by atoms with van der Waals surface area (Å²) in [5, 5.41) is 2.97. The van der Waals surface area contributed by atoms with Crippen LogP contribution >= 0.6 is 0 Å². The van der Waals surface area contributed by atoms with Crippen molar-refractivity contribution >= 4 is 11.5 Å². The van der Waals surface area contributed by atoms with E-state index in [-0.39, 0.29) is 11.9 Å². The number of carbonyl (C=O) groups excluding carboxylic acids is 1. The predicted molar refractivity (Wildman–Crippen MR) is 114 cm³/mol. The molecule has 0 atom stereocenters. The molecule has 0 aromatic heterocycles. The fourth-order valence-electron chi connectivity index (χ4n) is 3.48. The summed E-state index contributed by atoms with van der Waals surface area (Å²) in [5.74, 6) is 0.920. The molecule has 4 nitrogen and oxygen atoms in total. The van der Waals surface area contributed by atoms with Gasteiger partial charge in [0.25, 0.3) is 0 Å². The van der Waals surface area contributed by atoms with Crippen molar-refractivity contribution in [2.45, 2.75) is 39.3 Å². The number of fused-ring (bicyclic) bond motifs is 2. The van der Waals surface area contributed by atoms with Gasteiger partial charge >= 0.3 is 0 Å². The van der Waals surface area contributed by atoms with Gasteiger partial charge < -0.3 is 15.0 Å². The number of nitrogens with one attached hydrogen (secondary N) is 1. The highest BCUT2D eigenvalue weighted by molar-refractivity contribution is 5.86. The SMILES string of the molecule is CC(C)NC(=O)Cc1ccc2c(c1)/C(=C\CCN(C)C)c1ccccc1CO2. The van der Waals surface area contributed by atoms with Crippen molar-refractivity contribution in [2.24, 2.45) is 0 Å². The first-order valence-corrected chi connectivity index (χ1v) is 9.92. The van der Waals surface area contributed by atoms with Crippen molar-refractivity contribution in [2.75, 3.05) is 20.6 Å². The van der Waals surface area contributed by atoms with Gasteiger partial charge in [-0.05, 0) is 68.8 Å². The zero-order valence-electron chi connectivity index (χ0n) is 17.3.